The highest BCUT2D eigenvalue weighted by atomic mass is 16.5. The van der Waals surface area contributed by atoms with Gasteiger partial charge in [-0.2, -0.15) is 5.10 Å². The Morgan fingerprint density at radius 3 is 2.56 bits per heavy atom. The molecule has 0 N–H and O–H groups in total. The summed E-state index contributed by atoms with van der Waals surface area (Å²) in [5.74, 6) is 1.80. The molecule has 0 unspecified atom stereocenters. The van der Waals surface area contributed by atoms with Crippen molar-refractivity contribution in [3.05, 3.63) is 108 Å². The average molecular weight is 421 g/mol. The molecule has 4 aromatic carbocycles. The maximum absolute atomic E-state index is 6.48. The largest absolute Gasteiger partial charge is 0.494 e. The third-order valence-corrected chi connectivity index (χ3v) is 6.28. The second-order valence-corrected chi connectivity index (χ2v) is 8.18. The molecule has 0 bridgehead atoms. The Labute approximate surface area is 187 Å². The number of ether oxygens (including phenoxy) is 2. The van der Waals surface area contributed by atoms with Gasteiger partial charge in [0, 0.05) is 23.1 Å². The third-order valence-electron chi connectivity index (χ3n) is 6.28. The van der Waals surface area contributed by atoms with Gasteiger partial charge in [0.25, 0.3) is 0 Å². The smallest absolute Gasteiger partial charge is 0.213 e. The molecule has 0 aliphatic carbocycles. The number of hydrogen-bond donors (Lipinski definition) is 0. The first-order chi connectivity index (χ1) is 15.8. The van der Waals surface area contributed by atoms with Gasteiger partial charge in [0.1, 0.15) is 11.5 Å². The van der Waals surface area contributed by atoms with Gasteiger partial charge in [0.05, 0.1) is 18.4 Å². The number of para-hydroxylation sites is 1. The number of hydrazone groups is 1. The first-order valence-electron chi connectivity index (χ1n) is 11.1. The minimum absolute atomic E-state index is 0.144. The Morgan fingerprint density at radius 1 is 0.906 bits per heavy atom. The van der Waals surface area contributed by atoms with Crippen LogP contribution in [-0.2, 0) is 0 Å². The highest BCUT2D eigenvalue weighted by Crippen LogP contribution is 2.47. The summed E-state index contributed by atoms with van der Waals surface area (Å²) in [4.78, 5) is 0. The van der Waals surface area contributed by atoms with Crippen LogP contribution < -0.4 is 9.47 Å². The SMILES string of the molecule is CCOc1ccc([C@H]2Oc3ccccc3[C@H]3CC(c4cccc5ccccc45)=NN32)cc1. The molecule has 2 aliphatic heterocycles. The van der Waals surface area contributed by atoms with Crippen LogP contribution in [0.15, 0.2) is 96.1 Å². The Balaban J connectivity index is 1.44. The van der Waals surface area contributed by atoms with E-state index in [4.69, 9.17) is 14.6 Å². The van der Waals surface area contributed by atoms with Gasteiger partial charge in [-0.05, 0) is 48.0 Å². The molecular weight excluding hydrogens is 396 g/mol. The van der Waals surface area contributed by atoms with Gasteiger partial charge in [-0.3, -0.25) is 0 Å². The van der Waals surface area contributed by atoms with E-state index in [1.165, 1.54) is 21.9 Å². The van der Waals surface area contributed by atoms with E-state index in [2.05, 4.69) is 77.8 Å². The summed E-state index contributed by atoms with van der Waals surface area (Å²) >= 11 is 0. The van der Waals surface area contributed by atoms with Crippen LogP contribution in [0.2, 0.25) is 0 Å². The van der Waals surface area contributed by atoms with Gasteiger partial charge in [-0.25, -0.2) is 5.01 Å². The van der Waals surface area contributed by atoms with Crippen molar-refractivity contribution in [3.63, 3.8) is 0 Å². The summed E-state index contributed by atoms with van der Waals surface area (Å²) in [7, 11) is 0. The molecule has 4 aromatic rings. The van der Waals surface area contributed by atoms with Crippen LogP contribution in [0.25, 0.3) is 10.8 Å². The predicted octanol–water partition coefficient (Wildman–Crippen LogP) is 6.48. The molecule has 158 valence electrons. The fourth-order valence-corrected chi connectivity index (χ4v) is 4.79. The minimum atomic E-state index is -0.280. The number of benzene rings is 4. The Bertz CT molecular complexity index is 1310. The minimum Gasteiger partial charge on any atom is -0.494 e. The van der Waals surface area contributed by atoms with Crippen molar-refractivity contribution in [2.24, 2.45) is 5.10 Å². The number of hydrogen-bond acceptors (Lipinski definition) is 4. The molecule has 0 fully saturated rings. The molecular formula is C28H24N2O2. The van der Waals surface area contributed by atoms with E-state index in [-0.39, 0.29) is 12.3 Å². The lowest BCUT2D eigenvalue weighted by molar-refractivity contribution is -0.0190. The maximum atomic E-state index is 6.48. The molecule has 0 saturated carbocycles. The van der Waals surface area contributed by atoms with Crippen LogP contribution in [0.1, 0.15) is 42.3 Å². The zero-order valence-corrected chi connectivity index (χ0v) is 17.9. The Kier molecular flexibility index (Phi) is 4.57. The molecule has 0 spiro atoms. The first-order valence-corrected chi connectivity index (χ1v) is 11.1. The zero-order valence-electron chi connectivity index (χ0n) is 17.9. The van der Waals surface area contributed by atoms with Crippen molar-refractivity contribution in [1.29, 1.82) is 0 Å². The summed E-state index contributed by atoms with van der Waals surface area (Å²) < 4.78 is 12.1. The predicted molar refractivity (Wildman–Crippen MR) is 127 cm³/mol. The number of rotatable bonds is 4. The Hall–Kier alpha value is -3.79. The van der Waals surface area contributed by atoms with Crippen molar-refractivity contribution >= 4 is 16.5 Å². The Morgan fingerprint density at radius 2 is 1.69 bits per heavy atom. The fourth-order valence-electron chi connectivity index (χ4n) is 4.79. The molecule has 6 rings (SSSR count). The quantitative estimate of drug-likeness (QED) is 0.379. The monoisotopic (exact) mass is 420 g/mol. The van der Waals surface area contributed by atoms with Crippen molar-refractivity contribution in [1.82, 2.24) is 5.01 Å². The first kappa shape index (κ1) is 18.9. The van der Waals surface area contributed by atoms with E-state index in [1.54, 1.807) is 0 Å². The number of fused-ring (bicyclic) bond motifs is 4. The normalized spacial score (nSPS) is 19.2. The third kappa shape index (κ3) is 3.11. The highest BCUT2D eigenvalue weighted by molar-refractivity contribution is 6.11. The van der Waals surface area contributed by atoms with Crippen LogP contribution >= 0.6 is 0 Å². The van der Waals surface area contributed by atoms with E-state index >= 15 is 0 Å². The van der Waals surface area contributed by atoms with Gasteiger partial charge < -0.3 is 9.47 Å². The number of nitrogens with zero attached hydrogens (tertiary/aromatic N) is 2. The molecule has 0 aromatic heterocycles. The lowest BCUT2D eigenvalue weighted by Gasteiger charge is -2.38. The molecule has 0 radical (unpaired) electrons. The maximum Gasteiger partial charge on any atom is 0.213 e. The van der Waals surface area contributed by atoms with Crippen LogP contribution in [0, 0.1) is 0 Å². The van der Waals surface area contributed by atoms with Gasteiger partial charge in [0.15, 0.2) is 0 Å². The van der Waals surface area contributed by atoms with E-state index in [0.29, 0.717) is 6.61 Å². The standard InChI is InChI=1S/C28H24N2O2/c1-2-31-21-16-14-20(15-17-21)28-30-26(24-11-5-6-13-27(24)32-28)18-25(29-30)23-12-7-9-19-8-3-4-10-22(19)23/h3-17,26,28H,2,18H2,1H3/t26-,28-/m1/s1. The van der Waals surface area contributed by atoms with E-state index in [0.717, 1.165) is 29.2 Å². The molecule has 4 nitrogen and oxygen atoms in total. The molecule has 2 heterocycles. The second-order valence-electron chi connectivity index (χ2n) is 8.18. The summed E-state index contributed by atoms with van der Waals surface area (Å²) in [6.45, 7) is 2.65. The van der Waals surface area contributed by atoms with E-state index in [9.17, 15) is 0 Å². The highest BCUT2D eigenvalue weighted by Gasteiger charge is 2.41. The van der Waals surface area contributed by atoms with Gasteiger partial charge >= 0.3 is 0 Å². The molecule has 2 aliphatic rings. The lowest BCUT2D eigenvalue weighted by atomic mass is 9.93. The average Bonchev–Trinajstić information content (AvgIpc) is 3.29. The summed E-state index contributed by atoms with van der Waals surface area (Å²) in [6, 6.07) is 31.6. The van der Waals surface area contributed by atoms with Crippen molar-refractivity contribution in [2.45, 2.75) is 25.6 Å². The summed E-state index contributed by atoms with van der Waals surface area (Å²) in [5, 5.41) is 9.74. The molecule has 0 amide bonds. The van der Waals surface area contributed by atoms with Crippen molar-refractivity contribution in [2.75, 3.05) is 6.61 Å². The van der Waals surface area contributed by atoms with Crippen molar-refractivity contribution < 1.29 is 9.47 Å². The van der Waals surface area contributed by atoms with E-state index in [1.807, 2.05) is 25.1 Å². The van der Waals surface area contributed by atoms with Crippen LogP contribution in [-0.4, -0.2) is 17.3 Å². The van der Waals surface area contributed by atoms with Gasteiger partial charge in [-0.1, -0.05) is 60.7 Å². The van der Waals surface area contributed by atoms with Crippen LogP contribution in [0.3, 0.4) is 0 Å². The zero-order chi connectivity index (χ0) is 21.5. The van der Waals surface area contributed by atoms with Crippen LogP contribution in [0.4, 0.5) is 0 Å². The lowest BCUT2D eigenvalue weighted by Crippen LogP contribution is -2.33. The molecule has 2 atom stereocenters. The molecule has 0 saturated heterocycles. The molecule has 4 heteroatoms. The van der Waals surface area contributed by atoms with Gasteiger partial charge in [0.2, 0.25) is 6.23 Å². The molecule has 32 heavy (non-hydrogen) atoms. The summed E-state index contributed by atoms with van der Waals surface area (Å²) in [5.41, 5.74) is 4.55. The van der Waals surface area contributed by atoms with Crippen LogP contribution in [0.5, 0.6) is 11.5 Å². The second kappa shape index (κ2) is 7.72. The topological polar surface area (TPSA) is 34.1 Å². The van der Waals surface area contributed by atoms with E-state index < -0.39 is 0 Å². The summed E-state index contributed by atoms with van der Waals surface area (Å²) in [6.07, 6.45) is 0.570. The van der Waals surface area contributed by atoms with Gasteiger partial charge in [-0.15, -0.1) is 0 Å². The van der Waals surface area contributed by atoms with Crippen molar-refractivity contribution in [3.8, 4) is 11.5 Å². The fraction of sp³-hybridized carbons (Fsp3) is 0.179.